The van der Waals surface area contributed by atoms with Crippen LogP contribution in [0.5, 0.6) is 0 Å². The molecule has 0 unspecified atom stereocenters. The van der Waals surface area contributed by atoms with Gasteiger partial charge in [0.1, 0.15) is 0 Å². The van der Waals surface area contributed by atoms with Crippen LogP contribution in [0.4, 0.5) is 0 Å². The SMILES string of the molecule is CCC[N+](C)(C)C1CCCCC1.[I-]. The summed E-state index contributed by atoms with van der Waals surface area (Å²) in [5.41, 5.74) is 0. The van der Waals surface area contributed by atoms with Crippen LogP contribution in [0.1, 0.15) is 45.4 Å². The maximum Gasteiger partial charge on any atom is 0.0886 e. The third-order valence-electron chi connectivity index (χ3n) is 3.36. The van der Waals surface area contributed by atoms with Gasteiger partial charge in [0.2, 0.25) is 0 Å². The number of rotatable bonds is 3. The van der Waals surface area contributed by atoms with E-state index in [4.69, 9.17) is 0 Å². The van der Waals surface area contributed by atoms with Crippen LogP contribution in [0.3, 0.4) is 0 Å². The first-order chi connectivity index (χ1) is 5.67. The van der Waals surface area contributed by atoms with Gasteiger partial charge in [-0.3, -0.25) is 0 Å². The third kappa shape index (κ3) is 4.15. The topological polar surface area (TPSA) is 0 Å². The Kier molecular flexibility index (Phi) is 6.56. The first-order valence-electron chi connectivity index (χ1n) is 5.49. The Labute approximate surface area is 100 Å². The van der Waals surface area contributed by atoms with Crippen LogP contribution in [0.15, 0.2) is 0 Å². The minimum Gasteiger partial charge on any atom is -1.00 e. The van der Waals surface area contributed by atoms with Crippen molar-refractivity contribution in [3.63, 3.8) is 0 Å². The van der Waals surface area contributed by atoms with E-state index >= 15 is 0 Å². The molecule has 0 atom stereocenters. The second kappa shape index (κ2) is 6.23. The van der Waals surface area contributed by atoms with E-state index in [1.165, 1.54) is 49.6 Å². The smallest absolute Gasteiger partial charge is 0.0886 e. The van der Waals surface area contributed by atoms with Crippen molar-refractivity contribution in [1.29, 1.82) is 0 Å². The van der Waals surface area contributed by atoms with Crippen molar-refractivity contribution < 1.29 is 28.5 Å². The molecule has 0 spiro atoms. The monoisotopic (exact) mass is 297 g/mol. The molecule has 1 aliphatic rings. The lowest BCUT2D eigenvalue weighted by Gasteiger charge is -2.40. The Morgan fingerprint density at radius 2 is 1.62 bits per heavy atom. The summed E-state index contributed by atoms with van der Waals surface area (Å²) < 4.78 is 1.26. The maximum absolute atomic E-state index is 2.40. The van der Waals surface area contributed by atoms with E-state index in [-0.39, 0.29) is 24.0 Å². The number of hydrogen-bond donors (Lipinski definition) is 0. The van der Waals surface area contributed by atoms with Crippen molar-refractivity contribution >= 4 is 0 Å². The van der Waals surface area contributed by atoms with Gasteiger partial charge in [-0.1, -0.05) is 13.3 Å². The molecule has 0 bridgehead atoms. The summed E-state index contributed by atoms with van der Waals surface area (Å²) in [4.78, 5) is 0. The molecule has 80 valence electrons. The van der Waals surface area contributed by atoms with E-state index in [2.05, 4.69) is 21.0 Å². The normalized spacial score (nSPS) is 19.6. The molecule has 1 aliphatic carbocycles. The summed E-state index contributed by atoms with van der Waals surface area (Å²) in [7, 11) is 4.80. The first kappa shape index (κ1) is 13.7. The molecule has 0 aromatic heterocycles. The Hall–Kier alpha value is 0.690. The second-order valence-electron chi connectivity index (χ2n) is 4.79. The lowest BCUT2D eigenvalue weighted by Crippen LogP contribution is -3.00. The zero-order valence-electron chi connectivity index (χ0n) is 9.35. The molecule has 0 N–H and O–H groups in total. The molecule has 0 heterocycles. The fraction of sp³-hybridized carbons (Fsp3) is 1.00. The summed E-state index contributed by atoms with van der Waals surface area (Å²) in [5.74, 6) is 0. The largest absolute Gasteiger partial charge is 1.00 e. The van der Waals surface area contributed by atoms with Gasteiger partial charge in [0.05, 0.1) is 26.7 Å². The third-order valence-corrected chi connectivity index (χ3v) is 3.36. The summed E-state index contributed by atoms with van der Waals surface area (Å²) in [6.07, 6.45) is 8.66. The van der Waals surface area contributed by atoms with E-state index in [0.29, 0.717) is 0 Å². The highest BCUT2D eigenvalue weighted by Crippen LogP contribution is 2.25. The minimum atomic E-state index is 0. The van der Waals surface area contributed by atoms with Crippen molar-refractivity contribution in [3.05, 3.63) is 0 Å². The number of hydrogen-bond acceptors (Lipinski definition) is 0. The molecule has 1 saturated carbocycles. The van der Waals surface area contributed by atoms with Gasteiger partial charge in [-0.25, -0.2) is 0 Å². The maximum atomic E-state index is 2.40. The fourth-order valence-electron chi connectivity index (χ4n) is 2.54. The highest BCUT2D eigenvalue weighted by molar-refractivity contribution is 4.65. The Balaban J connectivity index is 0.00000144. The lowest BCUT2D eigenvalue weighted by atomic mass is 9.93. The van der Waals surface area contributed by atoms with Crippen LogP contribution in [0.25, 0.3) is 0 Å². The molecular weight excluding hydrogens is 273 g/mol. The standard InChI is InChI=1S/C11H24N.HI/c1-4-10-12(2,3)11-8-6-5-7-9-11;/h11H,4-10H2,1-3H3;1H/q+1;/p-1. The minimum absolute atomic E-state index is 0. The van der Waals surface area contributed by atoms with Crippen molar-refractivity contribution in [2.24, 2.45) is 0 Å². The van der Waals surface area contributed by atoms with E-state index in [1.54, 1.807) is 0 Å². The average molecular weight is 297 g/mol. The Bertz CT molecular complexity index is 128. The summed E-state index contributed by atoms with van der Waals surface area (Å²) in [5, 5.41) is 0. The van der Waals surface area contributed by atoms with Crippen LogP contribution >= 0.6 is 0 Å². The average Bonchev–Trinajstić information content (AvgIpc) is 2.06. The highest BCUT2D eigenvalue weighted by Gasteiger charge is 2.28. The molecule has 0 aromatic rings. The van der Waals surface area contributed by atoms with Crippen LogP contribution in [-0.2, 0) is 0 Å². The van der Waals surface area contributed by atoms with Crippen molar-refractivity contribution in [2.45, 2.75) is 51.5 Å². The zero-order valence-corrected chi connectivity index (χ0v) is 11.5. The van der Waals surface area contributed by atoms with Gasteiger partial charge in [-0.05, 0) is 32.1 Å². The van der Waals surface area contributed by atoms with Gasteiger partial charge >= 0.3 is 0 Å². The predicted molar refractivity (Wildman–Crippen MR) is 54.1 cm³/mol. The number of halogens is 1. The highest BCUT2D eigenvalue weighted by atomic mass is 127. The molecule has 1 nitrogen and oxygen atoms in total. The lowest BCUT2D eigenvalue weighted by molar-refractivity contribution is -0.916. The van der Waals surface area contributed by atoms with Gasteiger partial charge in [0, 0.05) is 0 Å². The summed E-state index contributed by atoms with van der Waals surface area (Å²) >= 11 is 0. The fourth-order valence-corrected chi connectivity index (χ4v) is 2.54. The molecule has 0 aliphatic heterocycles. The summed E-state index contributed by atoms with van der Waals surface area (Å²) in [6, 6.07) is 0.957. The van der Waals surface area contributed by atoms with Crippen LogP contribution in [-0.4, -0.2) is 31.2 Å². The van der Waals surface area contributed by atoms with E-state index in [1.807, 2.05) is 0 Å². The van der Waals surface area contributed by atoms with Gasteiger partial charge in [-0.2, -0.15) is 0 Å². The molecule has 0 amide bonds. The van der Waals surface area contributed by atoms with Gasteiger partial charge in [-0.15, -0.1) is 0 Å². The molecule has 1 fully saturated rings. The van der Waals surface area contributed by atoms with Crippen LogP contribution in [0.2, 0.25) is 0 Å². The first-order valence-corrected chi connectivity index (χ1v) is 5.49. The van der Waals surface area contributed by atoms with Crippen molar-refractivity contribution in [3.8, 4) is 0 Å². The molecule has 13 heavy (non-hydrogen) atoms. The summed E-state index contributed by atoms with van der Waals surface area (Å²) in [6.45, 7) is 3.65. The molecule has 2 heteroatoms. The molecule has 0 radical (unpaired) electrons. The van der Waals surface area contributed by atoms with E-state index in [9.17, 15) is 0 Å². The Morgan fingerprint density at radius 1 is 1.08 bits per heavy atom. The van der Waals surface area contributed by atoms with Gasteiger partial charge in [0.25, 0.3) is 0 Å². The number of nitrogens with zero attached hydrogens (tertiary/aromatic N) is 1. The van der Waals surface area contributed by atoms with Crippen LogP contribution in [0, 0.1) is 0 Å². The second-order valence-corrected chi connectivity index (χ2v) is 4.79. The molecule has 0 saturated heterocycles. The van der Waals surface area contributed by atoms with E-state index < -0.39 is 0 Å². The molecule has 1 rings (SSSR count). The quantitative estimate of drug-likeness (QED) is 0.500. The van der Waals surface area contributed by atoms with Crippen molar-refractivity contribution in [2.75, 3.05) is 20.6 Å². The van der Waals surface area contributed by atoms with E-state index in [0.717, 1.165) is 6.04 Å². The number of quaternary nitrogens is 1. The van der Waals surface area contributed by atoms with Gasteiger partial charge < -0.3 is 28.5 Å². The van der Waals surface area contributed by atoms with Crippen molar-refractivity contribution in [1.82, 2.24) is 0 Å². The Morgan fingerprint density at radius 3 is 2.08 bits per heavy atom. The predicted octanol–water partition coefficient (Wildman–Crippen LogP) is -0.190. The molecular formula is C11H24IN. The van der Waals surface area contributed by atoms with Crippen LogP contribution < -0.4 is 24.0 Å². The van der Waals surface area contributed by atoms with Gasteiger partial charge in [0.15, 0.2) is 0 Å². The molecule has 0 aromatic carbocycles. The zero-order chi connectivity index (χ0) is 9.03.